The van der Waals surface area contributed by atoms with Crippen LogP contribution in [0.4, 0.5) is 0 Å². The quantitative estimate of drug-likeness (QED) is 0.496. The number of carbonyl (C=O) groups excluding carboxylic acids is 1. The van der Waals surface area contributed by atoms with Crippen LogP contribution in [0.3, 0.4) is 0 Å². The fourth-order valence-electron chi connectivity index (χ4n) is 2.33. The Morgan fingerprint density at radius 3 is 2.57 bits per heavy atom. The summed E-state index contributed by atoms with van der Waals surface area (Å²) in [5.74, 6) is 1.35. The maximum Gasteiger partial charge on any atom is 0.228 e. The Balaban J connectivity index is 1.94. The third-order valence-electron chi connectivity index (χ3n) is 3.39. The molecule has 0 N–H and O–H groups in total. The van der Waals surface area contributed by atoms with Crippen molar-refractivity contribution in [3.05, 3.63) is 65.4 Å². The first-order chi connectivity index (χ1) is 10.2. The van der Waals surface area contributed by atoms with E-state index >= 15 is 0 Å². The Kier molecular flexibility index (Phi) is 3.84. The van der Waals surface area contributed by atoms with Crippen molar-refractivity contribution >= 4 is 28.5 Å². The molecule has 3 heteroatoms. The summed E-state index contributed by atoms with van der Waals surface area (Å²) in [4.78, 5) is 13.7. The van der Waals surface area contributed by atoms with E-state index in [0.717, 1.165) is 22.3 Å². The minimum atomic E-state index is -0.0707. The number of rotatable bonds is 4. The molecule has 0 unspecified atom stereocenters. The van der Waals surface area contributed by atoms with Crippen molar-refractivity contribution in [3.8, 4) is 0 Å². The highest BCUT2D eigenvalue weighted by Crippen LogP contribution is 2.25. The summed E-state index contributed by atoms with van der Waals surface area (Å²) in [6.07, 6.45) is 0. The number of benzene rings is 2. The lowest BCUT2D eigenvalue weighted by Crippen LogP contribution is -1.98. The predicted octanol–water partition coefficient (Wildman–Crippen LogP) is 5.08. The molecule has 3 rings (SSSR count). The first-order valence-corrected chi connectivity index (χ1v) is 7.94. The second kappa shape index (κ2) is 5.78. The molecule has 0 saturated carbocycles. The molecule has 106 valence electrons. The minimum absolute atomic E-state index is 0.0707. The van der Waals surface area contributed by atoms with Gasteiger partial charge in [-0.3, -0.25) is 4.79 Å². The number of thioether (sulfide) groups is 1. The largest absolute Gasteiger partial charge is 0.452 e. The van der Waals surface area contributed by atoms with Crippen molar-refractivity contribution < 1.29 is 9.21 Å². The molecular weight excluding hydrogens is 280 g/mol. The minimum Gasteiger partial charge on any atom is -0.452 e. The molecule has 0 fully saturated rings. The van der Waals surface area contributed by atoms with Crippen LogP contribution in [0.1, 0.15) is 28.6 Å². The highest BCUT2D eigenvalue weighted by atomic mass is 32.2. The van der Waals surface area contributed by atoms with Gasteiger partial charge in [-0.1, -0.05) is 25.1 Å². The van der Waals surface area contributed by atoms with E-state index in [9.17, 15) is 4.79 Å². The second-order valence-corrected chi connectivity index (χ2v) is 6.23. The molecule has 2 nitrogen and oxygen atoms in total. The van der Waals surface area contributed by atoms with Gasteiger partial charge in [0.25, 0.3) is 0 Å². The van der Waals surface area contributed by atoms with Gasteiger partial charge in [-0.25, -0.2) is 0 Å². The molecule has 0 saturated heterocycles. The molecule has 0 atom stereocenters. The Morgan fingerprint density at radius 2 is 1.90 bits per heavy atom. The molecule has 1 aromatic heterocycles. The van der Waals surface area contributed by atoms with Crippen molar-refractivity contribution in [3.63, 3.8) is 0 Å². The van der Waals surface area contributed by atoms with Crippen LogP contribution in [0.15, 0.2) is 57.8 Å². The molecule has 21 heavy (non-hydrogen) atoms. The van der Waals surface area contributed by atoms with Crippen LogP contribution in [-0.4, -0.2) is 11.5 Å². The van der Waals surface area contributed by atoms with Crippen molar-refractivity contribution in [2.75, 3.05) is 5.75 Å². The zero-order valence-electron chi connectivity index (χ0n) is 12.1. The molecule has 0 bridgehead atoms. The third-order valence-corrected chi connectivity index (χ3v) is 4.29. The summed E-state index contributed by atoms with van der Waals surface area (Å²) in [6.45, 7) is 4.09. The van der Waals surface area contributed by atoms with Gasteiger partial charge in [-0.15, -0.1) is 11.8 Å². The monoisotopic (exact) mass is 296 g/mol. The Bertz CT molecular complexity index is 785. The van der Waals surface area contributed by atoms with Crippen molar-refractivity contribution in [1.29, 1.82) is 0 Å². The molecule has 0 aliphatic carbocycles. The topological polar surface area (TPSA) is 30.2 Å². The first-order valence-electron chi connectivity index (χ1n) is 6.96. The number of fused-ring (bicyclic) bond motifs is 1. The van der Waals surface area contributed by atoms with Crippen LogP contribution in [0.2, 0.25) is 0 Å². The number of hydrogen-bond acceptors (Lipinski definition) is 3. The predicted molar refractivity (Wildman–Crippen MR) is 87.2 cm³/mol. The van der Waals surface area contributed by atoms with Crippen LogP contribution in [0.25, 0.3) is 11.0 Å². The lowest BCUT2D eigenvalue weighted by Gasteiger charge is -2.00. The summed E-state index contributed by atoms with van der Waals surface area (Å²) in [6, 6.07) is 15.4. The van der Waals surface area contributed by atoms with Gasteiger partial charge in [-0.2, -0.15) is 0 Å². The average molecular weight is 296 g/mol. The molecular formula is C18H16O2S. The third kappa shape index (κ3) is 2.74. The number of aryl methyl sites for hydroxylation is 1. The van der Waals surface area contributed by atoms with E-state index in [2.05, 4.69) is 6.92 Å². The molecule has 1 heterocycles. The average Bonchev–Trinajstić information content (AvgIpc) is 2.93. The molecule has 0 spiro atoms. The second-order valence-electron chi connectivity index (χ2n) is 4.89. The van der Waals surface area contributed by atoms with E-state index in [-0.39, 0.29) is 5.78 Å². The number of hydrogen-bond donors (Lipinski definition) is 0. The summed E-state index contributed by atoms with van der Waals surface area (Å²) in [5, 5.41) is 0.969. The van der Waals surface area contributed by atoms with Gasteiger partial charge >= 0.3 is 0 Å². The van der Waals surface area contributed by atoms with Crippen LogP contribution in [0, 0.1) is 6.92 Å². The van der Waals surface area contributed by atoms with E-state index in [4.69, 9.17) is 4.42 Å². The van der Waals surface area contributed by atoms with Gasteiger partial charge in [0.05, 0.1) is 0 Å². The van der Waals surface area contributed by atoms with Gasteiger partial charge in [0.1, 0.15) is 5.58 Å². The summed E-state index contributed by atoms with van der Waals surface area (Å²) >= 11 is 1.76. The van der Waals surface area contributed by atoms with E-state index in [0.29, 0.717) is 11.3 Å². The highest BCUT2D eigenvalue weighted by molar-refractivity contribution is 7.99. The number of para-hydroxylation sites is 1. The Morgan fingerprint density at radius 1 is 1.14 bits per heavy atom. The normalized spacial score (nSPS) is 11.0. The van der Waals surface area contributed by atoms with Gasteiger partial charge in [0, 0.05) is 15.8 Å². The van der Waals surface area contributed by atoms with Gasteiger partial charge in [0.2, 0.25) is 5.78 Å². The lowest BCUT2D eigenvalue weighted by atomic mass is 10.1. The standard InChI is InChI=1S/C18H16O2S/c1-3-21-15-9-7-13(8-10-15)17(19)16-11-14-6-4-5-12(2)18(14)20-16/h4-11H,3H2,1-2H3. The Labute approximate surface area is 128 Å². The van der Waals surface area contributed by atoms with E-state index in [1.54, 1.807) is 11.8 Å². The zero-order chi connectivity index (χ0) is 14.8. The van der Waals surface area contributed by atoms with Gasteiger partial charge in [0.15, 0.2) is 5.76 Å². The van der Waals surface area contributed by atoms with Crippen molar-refractivity contribution in [2.24, 2.45) is 0 Å². The molecule has 0 aliphatic rings. The summed E-state index contributed by atoms with van der Waals surface area (Å²) in [7, 11) is 0. The molecule has 0 aliphatic heterocycles. The first kappa shape index (κ1) is 14.0. The van der Waals surface area contributed by atoms with Crippen LogP contribution in [0.5, 0.6) is 0 Å². The molecule has 0 amide bonds. The maximum absolute atomic E-state index is 12.5. The zero-order valence-corrected chi connectivity index (χ0v) is 12.9. The van der Waals surface area contributed by atoms with Gasteiger partial charge in [-0.05, 0) is 48.6 Å². The number of ketones is 1. The fourth-order valence-corrected chi connectivity index (χ4v) is 2.99. The van der Waals surface area contributed by atoms with Gasteiger partial charge < -0.3 is 4.42 Å². The lowest BCUT2D eigenvalue weighted by molar-refractivity contribution is 0.101. The fraction of sp³-hybridized carbons (Fsp3) is 0.167. The van der Waals surface area contributed by atoms with Crippen LogP contribution < -0.4 is 0 Å². The van der Waals surface area contributed by atoms with Crippen molar-refractivity contribution in [2.45, 2.75) is 18.7 Å². The van der Waals surface area contributed by atoms with Crippen molar-refractivity contribution in [1.82, 2.24) is 0 Å². The maximum atomic E-state index is 12.5. The summed E-state index contributed by atoms with van der Waals surface area (Å²) in [5.41, 5.74) is 2.49. The highest BCUT2D eigenvalue weighted by Gasteiger charge is 2.15. The summed E-state index contributed by atoms with van der Waals surface area (Å²) < 4.78 is 5.74. The van der Waals surface area contributed by atoms with Crippen LogP contribution in [-0.2, 0) is 0 Å². The smallest absolute Gasteiger partial charge is 0.228 e. The number of carbonyl (C=O) groups is 1. The van der Waals surface area contributed by atoms with Crippen LogP contribution >= 0.6 is 11.8 Å². The Hall–Kier alpha value is -2.00. The van der Waals surface area contributed by atoms with E-state index < -0.39 is 0 Å². The number of furan rings is 1. The molecule has 2 aromatic carbocycles. The van der Waals surface area contributed by atoms with E-state index in [1.165, 1.54) is 4.90 Å². The molecule has 0 radical (unpaired) electrons. The molecule has 3 aromatic rings. The SMILES string of the molecule is CCSc1ccc(C(=O)c2cc3cccc(C)c3o2)cc1. The van der Waals surface area contributed by atoms with E-state index in [1.807, 2.05) is 55.5 Å².